The molecule has 0 fully saturated rings. The Kier molecular flexibility index (Phi) is 4.57. The summed E-state index contributed by atoms with van der Waals surface area (Å²) in [6.07, 6.45) is 0. The fourth-order valence-electron chi connectivity index (χ4n) is 1.55. The van der Waals surface area contributed by atoms with Crippen molar-refractivity contribution in [1.82, 2.24) is 0 Å². The molecule has 2 aromatic rings. The van der Waals surface area contributed by atoms with Gasteiger partial charge in [0.05, 0.1) is 5.75 Å². The molecule has 104 valence electrons. The molecule has 20 heavy (non-hydrogen) atoms. The molecule has 1 amide bonds. The molecule has 2 aromatic carbocycles. The third-order valence-corrected chi connectivity index (χ3v) is 3.33. The molecule has 3 nitrogen and oxygen atoms in total. The van der Waals surface area contributed by atoms with Crippen molar-refractivity contribution < 1.29 is 18.7 Å². The van der Waals surface area contributed by atoms with Crippen molar-refractivity contribution in [1.29, 1.82) is 0 Å². The maximum absolute atomic E-state index is 12.9. The van der Waals surface area contributed by atoms with E-state index in [0.717, 1.165) is 23.1 Å². The number of benzene rings is 2. The second-order valence-electron chi connectivity index (χ2n) is 3.99. The zero-order valence-electron chi connectivity index (χ0n) is 10.3. The van der Waals surface area contributed by atoms with E-state index in [1.807, 2.05) is 0 Å². The largest absolute Gasteiger partial charge is 0.508 e. The molecule has 0 aliphatic heterocycles. The highest BCUT2D eigenvalue weighted by molar-refractivity contribution is 8.00. The highest BCUT2D eigenvalue weighted by Gasteiger charge is 2.06. The van der Waals surface area contributed by atoms with E-state index >= 15 is 0 Å². The van der Waals surface area contributed by atoms with E-state index in [1.54, 1.807) is 12.1 Å². The average Bonchev–Trinajstić information content (AvgIpc) is 2.35. The van der Waals surface area contributed by atoms with Gasteiger partial charge >= 0.3 is 0 Å². The van der Waals surface area contributed by atoms with Crippen molar-refractivity contribution in [3.8, 4) is 5.75 Å². The molecule has 0 saturated heterocycles. The SMILES string of the molecule is O=C(CSc1cccc(O)c1)Nc1cc(F)cc(F)c1. The number of thioether (sulfide) groups is 1. The van der Waals surface area contributed by atoms with Gasteiger partial charge in [-0.05, 0) is 30.3 Å². The van der Waals surface area contributed by atoms with Crippen LogP contribution in [0.5, 0.6) is 5.75 Å². The van der Waals surface area contributed by atoms with Gasteiger partial charge in [0.2, 0.25) is 5.91 Å². The second-order valence-corrected chi connectivity index (χ2v) is 5.04. The monoisotopic (exact) mass is 295 g/mol. The molecular formula is C14H11F2NO2S. The van der Waals surface area contributed by atoms with E-state index in [0.29, 0.717) is 0 Å². The molecule has 0 bridgehead atoms. The Labute approximate surface area is 118 Å². The van der Waals surface area contributed by atoms with Crippen LogP contribution in [0.15, 0.2) is 47.4 Å². The Morgan fingerprint density at radius 2 is 1.85 bits per heavy atom. The number of carbonyl (C=O) groups excluding carboxylic acids is 1. The highest BCUT2D eigenvalue weighted by atomic mass is 32.2. The quantitative estimate of drug-likeness (QED) is 0.850. The molecule has 2 N–H and O–H groups in total. The molecule has 0 aliphatic carbocycles. The lowest BCUT2D eigenvalue weighted by atomic mass is 10.3. The Morgan fingerprint density at radius 3 is 2.50 bits per heavy atom. The van der Waals surface area contributed by atoms with E-state index in [1.165, 1.54) is 23.9 Å². The lowest BCUT2D eigenvalue weighted by Crippen LogP contribution is -2.14. The van der Waals surface area contributed by atoms with Crippen LogP contribution in [-0.4, -0.2) is 16.8 Å². The van der Waals surface area contributed by atoms with E-state index in [2.05, 4.69) is 5.32 Å². The Morgan fingerprint density at radius 1 is 1.15 bits per heavy atom. The van der Waals surface area contributed by atoms with Gasteiger partial charge in [0.1, 0.15) is 17.4 Å². The highest BCUT2D eigenvalue weighted by Crippen LogP contribution is 2.22. The van der Waals surface area contributed by atoms with Gasteiger partial charge in [-0.2, -0.15) is 0 Å². The maximum atomic E-state index is 12.9. The van der Waals surface area contributed by atoms with Crippen LogP contribution >= 0.6 is 11.8 Å². The van der Waals surface area contributed by atoms with Crippen LogP contribution in [0.4, 0.5) is 14.5 Å². The maximum Gasteiger partial charge on any atom is 0.234 e. The van der Waals surface area contributed by atoms with Gasteiger partial charge in [-0.3, -0.25) is 4.79 Å². The number of phenols is 1. The summed E-state index contributed by atoms with van der Waals surface area (Å²) in [6, 6.07) is 9.29. The topological polar surface area (TPSA) is 49.3 Å². The molecule has 0 heterocycles. The van der Waals surface area contributed by atoms with Gasteiger partial charge in [0, 0.05) is 16.6 Å². The van der Waals surface area contributed by atoms with Gasteiger partial charge in [0.15, 0.2) is 0 Å². The predicted molar refractivity (Wildman–Crippen MR) is 73.8 cm³/mol. The number of carbonyl (C=O) groups is 1. The summed E-state index contributed by atoms with van der Waals surface area (Å²) >= 11 is 1.21. The second kappa shape index (κ2) is 6.38. The van der Waals surface area contributed by atoms with Crippen molar-refractivity contribution in [2.45, 2.75) is 4.90 Å². The first kappa shape index (κ1) is 14.3. The van der Waals surface area contributed by atoms with Crippen LogP contribution in [0, 0.1) is 11.6 Å². The van der Waals surface area contributed by atoms with Crippen molar-refractivity contribution >= 4 is 23.4 Å². The fraction of sp³-hybridized carbons (Fsp3) is 0.0714. The molecule has 0 saturated carbocycles. The molecule has 0 aliphatic rings. The number of hydrogen-bond acceptors (Lipinski definition) is 3. The van der Waals surface area contributed by atoms with Crippen molar-refractivity contribution in [2.75, 3.05) is 11.1 Å². The lowest BCUT2D eigenvalue weighted by molar-refractivity contribution is -0.113. The van der Waals surface area contributed by atoms with Crippen LogP contribution in [-0.2, 0) is 4.79 Å². The van der Waals surface area contributed by atoms with E-state index < -0.39 is 11.6 Å². The Bertz CT molecular complexity index is 614. The summed E-state index contributed by atoms with van der Waals surface area (Å²) in [6.45, 7) is 0. The molecule has 6 heteroatoms. The molecular weight excluding hydrogens is 284 g/mol. The summed E-state index contributed by atoms with van der Waals surface area (Å²) in [5.41, 5.74) is 0.0732. The molecule has 0 spiro atoms. The zero-order valence-corrected chi connectivity index (χ0v) is 11.1. The number of rotatable bonds is 4. The number of amides is 1. The molecule has 0 unspecified atom stereocenters. The minimum atomic E-state index is -0.749. The van der Waals surface area contributed by atoms with Crippen molar-refractivity contribution in [3.63, 3.8) is 0 Å². The first-order valence-corrected chi connectivity index (χ1v) is 6.69. The molecule has 0 radical (unpaired) electrons. The summed E-state index contributed by atoms with van der Waals surface area (Å²) in [7, 11) is 0. The minimum absolute atomic E-state index is 0.0710. The van der Waals surface area contributed by atoms with Gasteiger partial charge in [-0.15, -0.1) is 11.8 Å². The Balaban J connectivity index is 1.92. The van der Waals surface area contributed by atoms with Crippen molar-refractivity contribution in [2.24, 2.45) is 0 Å². The van der Waals surface area contributed by atoms with Crippen LogP contribution < -0.4 is 5.32 Å². The summed E-state index contributed by atoms with van der Waals surface area (Å²) in [5.74, 6) is -1.70. The summed E-state index contributed by atoms with van der Waals surface area (Å²) in [4.78, 5) is 12.4. The predicted octanol–water partition coefficient (Wildman–Crippen LogP) is 3.40. The molecule has 2 rings (SSSR count). The van der Waals surface area contributed by atoms with Gasteiger partial charge in [-0.25, -0.2) is 8.78 Å². The Hall–Kier alpha value is -2.08. The minimum Gasteiger partial charge on any atom is -0.508 e. The number of phenolic OH excluding ortho intramolecular Hbond substituents is 1. The lowest BCUT2D eigenvalue weighted by Gasteiger charge is -2.06. The fourth-order valence-corrected chi connectivity index (χ4v) is 2.29. The summed E-state index contributed by atoms with van der Waals surface area (Å²) < 4.78 is 25.9. The summed E-state index contributed by atoms with van der Waals surface area (Å²) in [5, 5.41) is 11.7. The normalized spacial score (nSPS) is 10.3. The van der Waals surface area contributed by atoms with Crippen LogP contribution in [0.2, 0.25) is 0 Å². The number of hydrogen-bond donors (Lipinski definition) is 2. The zero-order chi connectivity index (χ0) is 14.5. The van der Waals surface area contributed by atoms with Gasteiger partial charge in [-0.1, -0.05) is 6.07 Å². The number of anilines is 1. The van der Waals surface area contributed by atoms with E-state index in [9.17, 15) is 18.7 Å². The molecule has 0 aromatic heterocycles. The first-order chi connectivity index (χ1) is 9.52. The van der Waals surface area contributed by atoms with Crippen LogP contribution in [0.25, 0.3) is 0 Å². The smallest absolute Gasteiger partial charge is 0.234 e. The van der Waals surface area contributed by atoms with Crippen molar-refractivity contribution in [3.05, 3.63) is 54.1 Å². The van der Waals surface area contributed by atoms with Crippen LogP contribution in [0.1, 0.15) is 0 Å². The average molecular weight is 295 g/mol. The molecule has 0 atom stereocenters. The van der Waals surface area contributed by atoms with E-state index in [-0.39, 0.29) is 23.1 Å². The third-order valence-electron chi connectivity index (χ3n) is 2.33. The van der Waals surface area contributed by atoms with Crippen LogP contribution in [0.3, 0.4) is 0 Å². The first-order valence-electron chi connectivity index (χ1n) is 5.71. The third kappa shape index (κ3) is 4.24. The standard InChI is InChI=1S/C14H11F2NO2S/c15-9-4-10(16)6-11(5-9)17-14(19)8-20-13-3-1-2-12(18)7-13/h1-7,18H,8H2,(H,17,19). The van der Waals surface area contributed by atoms with Gasteiger partial charge < -0.3 is 10.4 Å². The van der Waals surface area contributed by atoms with E-state index in [4.69, 9.17) is 0 Å². The number of aromatic hydroxyl groups is 1. The number of halogens is 2. The van der Waals surface area contributed by atoms with Gasteiger partial charge in [0.25, 0.3) is 0 Å². The number of nitrogens with one attached hydrogen (secondary N) is 1.